The molecule has 1 aromatic heterocycles. The van der Waals surface area contributed by atoms with E-state index in [0.717, 1.165) is 5.69 Å². The van der Waals surface area contributed by atoms with Crippen LogP contribution in [0.4, 0.5) is 0 Å². The first-order valence-electron chi connectivity index (χ1n) is 3.93. The predicted molar refractivity (Wildman–Crippen MR) is 47.3 cm³/mol. The fourth-order valence-corrected chi connectivity index (χ4v) is 1.09. The highest BCUT2D eigenvalue weighted by molar-refractivity contribution is 5.92. The fraction of sp³-hybridized carbons (Fsp3) is 0.500. The lowest BCUT2D eigenvalue weighted by Crippen LogP contribution is -2.20. The second-order valence-corrected chi connectivity index (χ2v) is 2.66. The zero-order chi connectivity index (χ0) is 9.84. The minimum atomic E-state index is -0.141. The van der Waals surface area contributed by atoms with Crippen LogP contribution in [0.5, 0.6) is 0 Å². The normalized spacial score (nSPS) is 10.1. The molecule has 1 N–H and O–H groups in total. The summed E-state index contributed by atoms with van der Waals surface area (Å²) in [6.07, 6.45) is 0. The van der Waals surface area contributed by atoms with Crippen LogP contribution in [0.25, 0.3) is 0 Å². The molecule has 1 heterocycles. The monoisotopic (exact) mass is 183 g/mol. The van der Waals surface area contributed by atoms with E-state index in [9.17, 15) is 4.79 Å². The van der Waals surface area contributed by atoms with Gasteiger partial charge in [0.25, 0.3) is 5.91 Å². The highest BCUT2D eigenvalue weighted by Crippen LogP contribution is 2.03. The molecule has 72 valence electrons. The van der Waals surface area contributed by atoms with Crippen LogP contribution < -0.4 is 5.32 Å². The minimum absolute atomic E-state index is 0.141. The van der Waals surface area contributed by atoms with Gasteiger partial charge in [0.1, 0.15) is 5.69 Å². The van der Waals surface area contributed by atoms with E-state index in [2.05, 4.69) is 10.4 Å². The standard InChI is InChI=1S/C8H13N3O2/c1-9-8(12)7-4-6(5-13-3)10-11(7)2/h4H,5H2,1-3H3,(H,9,12). The molecule has 0 fully saturated rings. The van der Waals surface area contributed by atoms with E-state index < -0.39 is 0 Å². The van der Waals surface area contributed by atoms with Crippen molar-refractivity contribution in [2.24, 2.45) is 7.05 Å². The molecule has 0 atom stereocenters. The second-order valence-electron chi connectivity index (χ2n) is 2.66. The van der Waals surface area contributed by atoms with Gasteiger partial charge in [0.05, 0.1) is 12.3 Å². The Morgan fingerprint density at radius 1 is 1.77 bits per heavy atom. The lowest BCUT2D eigenvalue weighted by atomic mass is 10.3. The average Bonchev–Trinajstić information content (AvgIpc) is 2.46. The molecule has 0 radical (unpaired) electrons. The Balaban J connectivity index is 2.89. The van der Waals surface area contributed by atoms with E-state index in [4.69, 9.17) is 4.74 Å². The van der Waals surface area contributed by atoms with Crippen molar-refractivity contribution in [1.82, 2.24) is 15.1 Å². The Bertz CT molecular complexity index is 306. The van der Waals surface area contributed by atoms with Gasteiger partial charge in [0.15, 0.2) is 0 Å². The van der Waals surface area contributed by atoms with Crippen molar-refractivity contribution < 1.29 is 9.53 Å². The van der Waals surface area contributed by atoms with E-state index >= 15 is 0 Å². The van der Waals surface area contributed by atoms with Gasteiger partial charge in [-0.1, -0.05) is 0 Å². The minimum Gasteiger partial charge on any atom is -0.378 e. The summed E-state index contributed by atoms with van der Waals surface area (Å²) in [6, 6.07) is 1.71. The summed E-state index contributed by atoms with van der Waals surface area (Å²) in [5, 5.41) is 6.64. The Morgan fingerprint density at radius 3 is 3.00 bits per heavy atom. The van der Waals surface area contributed by atoms with Gasteiger partial charge in [-0.2, -0.15) is 5.10 Å². The summed E-state index contributed by atoms with van der Waals surface area (Å²) >= 11 is 0. The van der Waals surface area contributed by atoms with Gasteiger partial charge < -0.3 is 10.1 Å². The quantitative estimate of drug-likeness (QED) is 0.713. The predicted octanol–water partition coefficient (Wildman–Crippen LogP) is -0.0739. The lowest BCUT2D eigenvalue weighted by molar-refractivity contribution is 0.0954. The molecule has 5 nitrogen and oxygen atoms in total. The number of methoxy groups -OCH3 is 1. The summed E-state index contributed by atoms with van der Waals surface area (Å²) in [5.41, 5.74) is 1.29. The molecule has 0 aliphatic heterocycles. The molecule has 1 rings (SSSR count). The summed E-state index contributed by atoms with van der Waals surface area (Å²) in [4.78, 5) is 11.2. The van der Waals surface area contributed by atoms with Crippen LogP contribution in [0.2, 0.25) is 0 Å². The highest BCUT2D eigenvalue weighted by Gasteiger charge is 2.10. The first-order valence-corrected chi connectivity index (χ1v) is 3.93. The zero-order valence-electron chi connectivity index (χ0n) is 8.00. The molecule has 0 spiro atoms. The van der Waals surface area contributed by atoms with E-state index in [-0.39, 0.29) is 5.91 Å². The SMILES string of the molecule is CNC(=O)c1cc(COC)nn1C. The van der Waals surface area contributed by atoms with Gasteiger partial charge >= 0.3 is 0 Å². The largest absolute Gasteiger partial charge is 0.378 e. The van der Waals surface area contributed by atoms with Crippen molar-refractivity contribution in [3.63, 3.8) is 0 Å². The number of aryl methyl sites for hydroxylation is 1. The van der Waals surface area contributed by atoms with Crippen molar-refractivity contribution in [2.75, 3.05) is 14.2 Å². The molecular weight excluding hydrogens is 170 g/mol. The fourth-order valence-electron chi connectivity index (χ4n) is 1.09. The molecule has 0 aromatic carbocycles. The summed E-state index contributed by atoms with van der Waals surface area (Å²) in [5.74, 6) is -0.141. The maximum atomic E-state index is 11.2. The Hall–Kier alpha value is -1.36. The molecule has 0 bridgehead atoms. The smallest absolute Gasteiger partial charge is 0.269 e. The van der Waals surface area contributed by atoms with E-state index in [0.29, 0.717) is 12.3 Å². The van der Waals surface area contributed by atoms with Crippen molar-refractivity contribution in [3.05, 3.63) is 17.5 Å². The van der Waals surface area contributed by atoms with Crippen LogP contribution in [-0.2, 0) is 18.4 Å². The molecule has 5 heteroatoms. The van der Waals surface area contributed by atoms with Gasteiger partial charge in [-0.25, -0.2) is 0 Å². The van der Waals surface area contributed by atoms with Crippen LogP contribution >= 0.6 is 0 Å². The van der Waals surface area contributed by atoms with Crippen LogP contribution in [0.3, 0.4) is 0 Å². The average molecular weight is 183 g/mol. The van der Waals surface area contributed by atoms with Gasteiger partial charge in [-0.05, 0) is 6.07 Å². The summed E-state index contributed by atoms with van der Waals surface area (Å²) in [7, 11) is 4.91. The van der Waals surface area contributed by atoms with E-state index in [1.54, 1.807) is 27.3 Å². The van der Waals surface area contributed by atoms with Crippen molar-refractivity contribution in [3.8, 4) is 0 Å². The zero-order valence-corrected chi connectivity index (χ0v) is 8.00. The van der Waals surface area contributed by atoms with Gasteiger partial charge in [-0.3, -0.25) is 9.48 Å². The number of nitrogens with one attached hydrogen (secondary N) is 1. The van der Waals surface area contributed by atoms with Crippen LogP contribution in [0, 0.1) is 0 Å². The molecule has 0 saturated heterocycles. The number of carbonyl (C=O) groups excluding carboxylic acids is 1. The van der Waals surface area contributed by atoms with Crippen LogP contribution in [0.1, 0.15) is 16.2 Å². The van der Waals surface area contributed by atoms with Gasteiger partial charge in [0.2, 0.25) is 0 Å². The third-order valence-corrected chi connectivity index (χ3v) is 1.68. The Labute approximate surface area is 76.7 Å². The number of aromatic nitrogens is 2. The Morgan fingerprint density at radius 2 is 2.46 bits per heavy atom. The molecule has 0 saturated carbocycles. The maximum absolute atomic E-state index is 11.2. The van der Waals surface area contributed by atoms with Crippen molar-refractivity contribution >= 4 is 5.91 Å². The van der Waals surface area contributed by atoms with Crippen molar-refractivity contribution in [1.29, 1.82) is 0 Å². The number of nitrogens with zero attached hydrogens (tertiary/aromatic N) is 2. The molecule has 0 unspecified atom stereocenters. The molecule has 13 heavy (non-hydrogen) atoms. The van der Waals surface area contributed by atoms with E-state index in [1.165, 1.54) is 4.68 Å². The van der Waals surface area contributed by atoms with Crippen LogP contribution in [-0.4, -0.2) is 29.8 Å². The number of carbonyl (C=O) groups is 1. The first kappa shape index (κ1) is 9.73. The number of hydrogen-bond donors (Lipinski definition) is 1. The topological polar surface area (TPSA) is 56.1 Å². The molecule has 0 aliphatic carbocycles. The van der Waals surface area contributed by atoms with Gasteiger partial charge in [-0.15, -0.1) is 0 Å². The third kappa shape index (κ3) is 2.06. The van der Waals surface area contributed by atoms with Crippen LogP contribution in [0.15, 0.2) is 6.07 Å². The molecule has 1 amide bonds. The summed E-state index contributed by atoms with van der Waals surface area (Å²) < 4.78 is 6.44. The Kier molecular flexibility index (Phi) is 3.02. The molecule has 1 aromatic rings. The first-order chi connectivity index (χ1) is 6.19. The van der Waals surface area contributed by atoms with Crippen molar-refractivity contribution in [2.45, 2.75) is 6.61 Å². The number of rotatable bonds is 3. The molecular formula is C8H13N3O2. The molecule has 0 aliphatic rings. The summed E-state index contributed by atoms with van der Waals surface area (Å²) in [6.45, 7) is 0.421. The lowest BCUT2D eigenvalue weighted by Gasteiger charge is -1.97. The van der Waals surface area contributed by atoms with Gasteiger partial charge in [0, 0.05) is 21.2 Å². The maximum Gasteiger partial charge on any atom is 0.269 e. The number of ether oxygens (including phenoxy) is 1. The number of amides is 1. The second kappa shape index (κ2) is 4.04. The highest BCUT2D eigenvalue weighted by atomic mass is 16.5. The van der Waals surface area contributed by atoms with E-state index in [1.807, 2.05) is 0 Å². The third-order valence-electron chi connectivity index (χ3n) is 1.68. The number of hydrogen-bond acceptors (Lipinski definition) is 3.